The second-order valence-electron chi connectivity index (χ2n) is 7.31. The Morgan fingerprint density at radius 1 is 0.962 bits per heavy atom. The summed E-state index contributed by atoms with van der Waals surface area (Å²) in [5.41, 5.74) is 3.58. The summed E-state index contributed by atoms with van der Waals surface area (Å²) in [4.78, 5) is 0. The van der Waals surface area contributed by atoms with Crippen molar-refractivity contribution in [1.29, 1.82) is 0 Å². The first kappa shape index (κ1) is 17.3. The molecule has 0 saturated carbocycles. The van der Waals surface area contributed by atoms with Crippen LogP contribution in [0.25, 0.3) is 0 Å². The smallest absolute Gasteiger partial charge is 0.159 e. The maximum Gasteiger partial charge on any atom is 0.159 e. The molecule has 2 aromatic carbocycles. The van der Waals surface area contributed by atoms with Crippen LogP contribution in [0.4, 0.5) is 0 Å². The van der Waals surface area contributed by atoms with Gasteiger partial charge in [0.1, 0.15) is 12.4 Å². The molecule has 0 aliphatic carbocycles. The first-order valence-electron chi connectivity index (χ1n) is 9.29. The van der Waals surface area contributed by atoms with Gasteiger partial charge in [0.05, 0.1) is 10.5 Å². The van der Waals surface area contributed by atoms with E-state index >= 15 is 0 Å². The maximum absolute atomic E-state index is 12.4. The Balaban J connectivity index is 1.45. The van der Waals surface area contributed by atoms with Gasteiger partial charge in [0.25, 0.3) is 0 Å². The quantitative estimate of drug-likeness (QED) is 0.731. The molecule has 0 aromatic heterocycles. The van der Waals surface area contributed by atoms with Crippen LogP contribution in [-0.4, -0.2) is 18.9 Å². The first-order chi connectivity index (χ1) is 12.6. The lowest BCUT2D eigenvalue weighted by molar-refractivity contribution is 0.306. The zero-order valence-electron chi connectivity index (χ0n) is 14.8. The molecule has 2 atom stereocenters. The Kier molecular flexibility index (Phi) is 4.86. The molecule has 4 heteroatoms. The van der Waals surface area contributed by atoms with Gasteiger partial charge >= 0.3 is 0 Å². The lowest BCUT2D eigenvalue weighted by Gasteiger charge is -2.33. The molecule has 4 rings (SSSR count). The standard InChI is InChI=1S/C22H24O3S/c23-26(24)21-10-5-11-22(26)15-19(14-21)12-18-8-4-9-20(13-18)25-16-17-6-2-1-3-7-17/h1-4,6-9,13-14,21-22H,5,10-12,15-16H2. The molecule has 3 nitrogen and oxygen atoms in total. The van der Waals surface area contributed by atoms with Gasteiger partial charge < -0.3 is 4.74 Å². The van der Waals surface area contributed by atoms with Crippen molar-refractivity contribution in [2.24, 2.45) is 0 Å². The van der Waals surface area contributed by atoms with Crippen molar-refractivity contribution >= 4 is 9.84 Å². The highest BCUT2D eigenvalue weighted by molar-refractivity contribution is 7.92. The van der Waals surface area contributed by atoms with Gasteiger partial charge in [-0.05, 0) is 48.9 Å². The van der Waals surface area contributed by atoms with Crippen LogP contribution in [0.5, 0.6) is 5.75 Å². The van der Waals surface area contributed by atoms with Gasteiger partial charge in [0.2, 0.25) is 0 Å². The fraction of sp³-hybridized carbons (Fsp3) is 0.364. The van der Waals surface area contributed by atoms with E-state index in [4.69, 9.17) is 4.74 Å². The third-order valence-corrected chi connectivity index (χ3v) is 7.94. The van der Waals surface area contributed by atoms with E-state index in [9.17, 15) is 8.42 Å². The van der Waals surface area contributed by atoms with Gasteiger partial charge in [-0.2, -0.15) is 0 Å². The van der Waals surface area contributed by atoms with E-state index in [1.165, 1.54) is 11.1 Å². The Hall–Kier alpha value is -2.07. The molecule has 1 saturated heterocycles. The molecular formula is C22H24O3S. The minimum atomic E-state index is -2.94. The van der Waals surface area contributed by atoms with Gasteiger partial charge in [-0.3, -0.25) is 0 Å². The van der Waals surface area contributed by atoms with E-state index in [1.54, 1.807) is 0 Å². The molecule has 1 fully saturated rings. The Morgan fingerprint density at radius 2 is 1.77 bits per heavy atom. The van der Waals surface area contributed by atoms with Crippen LogP contribution >= 0.6 is 0 Å². The number of rotatable bonds is 5. The van der Waals surface area contributed by atoms with Crippen molar-refractivity contribution in [3.05, 3.63) is 77.4 Å². The molecule has 0 spiro atoms. The summed E-state index contributed by atoms with van der Waals surface area (Å²) in [7, 11) is -2.94. The predicted octanol–water partition coefficient (Wildman–Crippen LogP) is 4.47. The van der Waals surface area contributed by atoms with Crippen LogP contribution < -0.4 is 4.74 Å². The highest BCUT2D eigenvalue weighted by Crippen LogP contribution is 2.36. The summed E-state index contributed by atoms with van der Waals surface area (Å²) in [5.74, 6) is 0.857. The van der Waals surface area contributed by atoms with Crippen molar-refractivity contribution in [2.75, 3.05) is 0 Å². The van der Waals surface area contributed by atoms with Gasteiger partial charge in [-0.15, -0.1) is 0 Å². The number of hydrogen-bond donors (Lipinski definition) is 0. The van der Waals surface area contributed by atoms with Crippen LogP contribution in [0.1, 0.15) is 36.8 Å². The highest BCUT2D eigenvalue weighted by atomic mass is 32.2. The average Bonchev–Trinajstić information content (AvgIpc) is 2.62. The zero-order chi connectivity index (χ0) is 18.0. The molecule has 26 heavy (non-hydrogen) atoms. The van der Waals surface area contributed by atoms with E-state index < -0.39 is 9.84 Å². The van der Waals surface area contributed by atoms with Gasteiger partial charge in [-0.1, -0.05) is 60.5 Å². The second-order valence-corrected chi connectivity index (χ2v) is 9.76. The first-order valence-corrected chi connectivity index (χ1v) is 10.9. The van der Waals surface area contributed by atoms with Gasteiger partial charge in [-0.25, -0.2) is 8.42 Å². The monoisotopic (exact) mass is 368 g/mol. The molecule has 2 heterocycles. The Morgan fingerprint density at radius 3 is 2.58 bits per heavy atom. The molecule has 0 N–H and O–H groups in total. The molecule has 2 unspecified atom stereocenters. The normalized spacial score (nSPS) is 23.9. The van der Waals surface area contributed by atoms with Crippen molar-refractivity contribution in [3.8, 4) is 5.75 Å². The number of benzene rings is 2. The molecule has 0 radical (unpaired) electrons. The molecule has 2 aliphatic rings. The molecule has 136 valence electrons. The van der Waals surface area contributed by atoms with E-state index in [0.29, 0.717) is 13.0 Å². The maximum atomic E-state index is 12.4. The molecule has 2 aliphatic heterocycles. The van der Waals surface area contributed by atoms with Crippen molar-refractivity contribution < 1.29 is 13.2 Å². The lowest BCUT2D eigenvalue weighted by atomic mass is 9.94. The number of sulfone groups is 1. The topological polar surface area (TPSA) is 43.4 Å². The minimum Gasteiger partial charge on any atom is -0.489 e. The van der Waals surface area contributed by atoms with E-state index in [-0.39, 0.29) is 10.5 Å². The summed E-state index contributed by atoms with van der Waals surface area (Å²) in [6.45, 7) is 0.551. The summed E-state index contributed by atoms with van der Waals surface area (Å²) < 4.78 is 30.7. The third kappa shape index (κ3) is 3.70. The SMILES string of the molecule is O=S1(=O)C2C=C(Cc3cccc(OCc4ccccc4)c3)CC1CCC2. The summed E-state index contributed by atoms with van der Waals surface area (Å²) in [6, 6.07) is 18.3. The van der Waals surface area contributed by atoms with Crippen molar-refractivity contribution in [1.82, 2.24) is 0 Å². The van der Waals surface area contributed by atoms with Crippen LogP contribution in [0.3, 0.4) is 0 Å². The van der Waals surface area contributed by atoms with Crippen molar-refractivity contribution in [3.63, 3.8) is 0 Å². The van der Waals surface area contributed by atoms with Crippen LogP contribution in [0.15, 0.2) is 66.2 Å². The fourth-order valence-electron chi connectivity index (χ4n) is 4.02. The number of hydrogen-bond acceptors (Lipinski definition) is 3. The average molecular weight is 368 g/mol. The molecular weight excluding hydrogens is 344 g/mol. The summed E-state index contributed by atoms with van der Waals surface area (Å²) in [5, 5.41) is -0.429. The van der Waals surface area contributed by atoms with Gasteiger partial charge in [0.15, 0.2) is 9.84 Å². The molecule has 0 amide bonds. The molecule has 2 aromatic rings. The summed E-state index contributed by atoms with van der Waals surface area (Å²) >= 11 is 0. The van der Waals surface area contributed by atoms with Crippen LogP contribution in [0.2, 0.25) is 0 Å². The lowest BCUT2D eigenvalue weighted by Crippen LogP contribution is -2.39. The minimum absolute atomic E-state index is 0.168. The zero-order valence-corrected chi connectivity index (χ0v) is 15.6. The summed E-state index contributed by atoms with van der Waals surface area (Å²) in [6.07, 6.45) is 6.14. The third-order valence-electron chi connectivity index (χ3n) is 5.39. The van der Waals surface area contributed by atoms with Crippen LogP contribution in [-0.2, 0) is 22.9 Å². The molecule has 2 bridgehead atoms. The van der Waals surface area contributed by atoms with Gasteiger partial charge in [0, 0.05) is 0 Å². The highest BCUT2D eigenvalue weighted by Gasteiger charge is 2.40. The predicted molar refractivity (Wildman–Crippen MR) is 104 cm³/mol. The fourth-order valence-corrected chi connectivity index (χ4v) is 6.33. The number of ether oxygens (including phenoxy) is 1. The van der Waals surface area contributed by atoms with Crippen LogP contribution in [0, 0.1) is 0 Å². The van der Waals surface area contributed by atoms with E-state index in [0.717, 1.165) is 37.0 Å². The van der Waals surface area contributed by atoms with Crippen molar-refractivity contribution in [2.45, 2.75) is 49.2 Å². The van der Waals surface area contributed by atoms with E-state index in [1.807, 2.05) is 36.4 Å². The largest absolute Gasteiger partial charge is 0.489 e. The Labute approximate surface area is 155 Å². The number of allylic oxidation sites excluding steroid dienone is 1. The van der Waals surface area contributed by atoms with E-state index in [2.05, 4.69) is 24.3 Å². The number of fused-ring (bicyclic) bond motifs is 2. The Bertz CT molecular complexity index is 900. The second kappa shape index (κ2) is 7.28.